The van der Waals surface area contributed by atoms with Crippen LogP contribution in [-0.2, 0) is 5.60 Å². The smallest absolute Gasteiger partial charge is 0.217 e. The number of benzene rings is 2. The van der Waals surface area contributed by atoms with E-state index in [9.17, 15) is 10.4 Å². The minimum Gasteiger partial charge on any atom is -0.486 e. The van der Waals surface area contributed by atoms with E-state index in [2.05, 4.69) is 16.4 Å². The molecule has 5 rings (SSSR count). The molecular weight excluding hydrogens is 524 g/mol. The first kappa shape index (κ1) is 28.0. The average Bonchev–Trinajstić information content (AvgIpc) is 3.02. The first-order valence-corrected chi connectivity index (χ1v) is 13.2. The van der Waals surface area contributed by atoms with Crippen LogP contribution in [0.5, 0.6) is 29.1 Å². The van der Waals surface area contributed by atoms with Gasteiger partial charge in [-0.05, 0) is 55.9 Å². The lowest BCUT2D eigenvalue weighted by Gasteiger charge is -2.39. The number of methoxy groups -OCH3 is 3. The number of nitrogens with zero attached hydrogens (tertiary/aromatic N) is 3. The molecule has 2 atom stereocenters. The normalized spacial score (nSPS) is 14.5. The summed E-state index contributed by atoms with van der Waals surface area (Å²) in [4.78, 5) is 9.14. The summed E-state index contributed by atoms with van der Waals surface area (Å²) in [5.74, 6) is 1.25. The van der Waals surface area contributed by atoms with E-state index in [-0.39, 0.29) is 18.2 Å². The van der Waals surface area contributed by atoms with Crippen LogP contribution in [0.4, 0.5) is 0 Å². The molecule has 0 spiro atoms. The van der Waals surface area contributed by atoms with Crippen LogP contribution in [0, 0.1) is 11.3 Å². The third-order valence-corrected chi connectivity index (χ3v) is 7.28. The van der Waals surface area contributed by atoms with E-state index in [1.54, 1.807) is 37.4 Å². The Kier molecular flexibility index (Phi) is 8.10. The average molecular weight is 557 g/mol. The van der Waals surface area contributed by atoms with Crippen molar-refractivity contribution in [3.8, 4) is 35.2 Å². The van der Waals surface area contributed by atoms with E-state index in [4.69, 9.17) is 28.7 Å². The van der Waals surface area contributed by atoms with E-state index in [0.717, 1.165) is 5.39 Å². The Labute approximate surface area is 238 Å². The number of aromatic nitrogens is 2. The molecule has 0 bridgehead atoms. The second-order valence-corrected chi connectivity index (χ2v) is 9.63. The molecule has 0 fully saturated rings. The molecule has 2 aromatic carbocycles. The number of nitriles is 1. The maximum Gasteiger partial charge on any atom is 0.217 e. The largest absolute Gasteiger partial charge is 0.486 e. The lowest BCUT2D eigenvalue weighted by molar-refractivity contribution is 0.00856. The van der Waals surface area contributed by atoms with Crippen molar-refractivity contribution in [2.24, 2.45) is 0 Å². The van der Waals surface area contributed by atoms with E-state index in [1.807, 2.05) is 31.3 Å². The monoisotopic (exact) mass is 556 g/mol. The Morgan fingerprint density at radius 1 is 0.976 bits per heavy atom. The van der Waals surface area contributed by atoms with Crippen molar-refractivity contribution in [2.45, 2.75) is 17.9 Å². The van der Waals surface area contributed by atoms with Gasteiger partial charge in [0.1, 0.15) is 18.8 Å². The van der Waals surface area contributed by atoms with Crippen molar-refractivity contribution < 1.29 is 28.8 Å². The van der Waals surface area contributed by atoms with Crippen molar-refractivity contribution in [1.29, 1.82) is 5.26 Å². The summed E-state index contributed by atoms with van der Waals surface area (Å²) in [6.07, 6.45) is 0.272. The fraction of sp³-hybridized carbons (Fsp3) is 0.323. The molecule has 1 aliphatic heterocycles. The molecular formula is C31H32N4O6. The SMILES string of the molecule is CNCCC(O)(c1cc(OC)nc(OC)c1)C(c1cc2cc(C#N)ccc2nc1OC)c1cccc2c1OCCO2. The predicted octanol–water partition coefficient (Wildman–Crippen LogP) is 3.93. The van der Waals surface area contributed by atoms with Crippen molar-refractivity contribution in [2.75, 3.05) is 48.1 Å². The molecule has 1 aliphatic rings. The number of hydrogen-bond donors (Lipinski definition) is 2. The lowest BCUT2D eigenvalue weighted by Crippen LogP contribution is -2.38. The van der Waals surface area contributed by atoms with Gasteiger partial charge >= 0.3 is 0 Å². The van der Waals surface area contributed by atoms with Gasteiger partial charge in [-0.2, -0.15) is 10.2 Å². The van der Waals surface area contributed by atoms with Gasteiger partial charge < -0.3 is 34.1 Å². The molecule has 212 valence electrons. The number of aliphatic hydroxyl groups is 1. The molecule has 0 radical (unpaired) electrons. The highest BCUT2D eigenvalue weighted by atomic mass is 16.6. The van der Waals surface area contributed by atoms with E-state index < -0.39 is 11.5 Å². The number of rotatable bonds is 10. The minimum atomic E-state index is -1.59. The highest BCUT2D eigenvalue weighted by Gasteiger charge is 2.45. The van der Waals surface area contributed by atoms with Gasteiger partial charge in [0.25, 0.3) is 0 Å². The topological polar surface area (TPSA) is 128 Å². The molecule has 4 aromatic rings. The molecule has 0 aliphatic carbocycles. The van der Waals surface area contributed by atoms with E-state index in [0.29, 0.717) is 64.9 Å². The fourth-order valence-corrected chi connectivity index (χ4v) is 5.33. The van der Waals surface area contributed by atoms with Crippen LogP contribution in [0.25, 0.3) is 10.9 Å². The quantitative estimate of drug-likeness (QED) is 0.297. The van der Waals surface area contributed by atoms with Gasteiger partial charge in [0.15, 0.2) is 11.5 Å². The van der Waals surface area contributed by atoms with Gasteiger partial charge in [-0.25, -0.2) is 4.98 Å². The van der Waals surface area contributed by atoms with Gasteiger partial charge in [-0.3, -0.25) is 0 Å². The zero-order valence-electron chi connectivity index (χ0n) is 23.4. The lowest BCUT2D eigenvalue weighted by atomic mass is 9.71. The first-order chi connectivity index (χ1) is 19.9. The summed E-state index contributed by atoms with van der Waals surface area (Å²) in [7, 11) is 6.39. The van der Waals surface area contributed by atoms with Gasteiger partial charge in [0.05, 0.1) is 44.4 Å². The van der Waals surface area contributed by atoms with Crippen LogP contribution in [0.3, 0.4) is 0 Å². The van der Waals surface area contributed by atoms with Crippen molar-refractivity contribution in [3.05, 3.63) is 76.9 Å². The summed E-state index contributed by atoms with van der Waals surface area (Å²) in [6, 6.07) is 18.4. The van der Waals surface area contributed by atoms with Gasteiger partial charge in [-0.15, -0.1) is 0 Å². The summed E-state index contributed by atoms with van der Waals surface area (Å²) in [6.45, 7) is 1.25. The second kappa shape index (κ2) is 11.9. The number of hydrogen-bond acceptors (Lipinski definition) is 10. The van der Waals surface area contributed by atoms with E-state index in [1.165, 1.54) is 14.2 Å². The van der Waals surface area contributed by atoms with Crippen molar-refractivity contribution in [3.63, 3.8) is 0 Å². The van der Waals surface area contributed by atoms with Crippen LogP contribution < -0.4 is 29.0 Å². The molecule has 3 heterocycles. The highest BCUT2D eigenvalue weighted by molar-refractivity contribution is 5.82. The van der Waals surface area contributed by atoms with Gasteiger partial charge in [0.2, 0.25) is 17.6 Å². The van der Waals surface area contributed by atoms with Crippen LogP contribution >= 0.6 is 0 Å². The van der Waals surface area contributed by atoms with Crippen molar-refractivity contribution in [1.82, 2.24) is 15.3 Å². The molecule has 2 unspecified atom stereocenters. The Balaban J connectivity index is 1.86. The zero-order chi connectivity index (χ0) is 29.0. The maximum atomic E-state index is 13.0. The van der Waals surface area contributed by atoms with Gasteiger partial charge in [-0.1, -0.05) is 12.1 Å². The Morgan fingerprint density at radius 2 is 1.73 bits per heavy atom. The molecule has 0 saturated heterocycles. The zero-order valence-corrected chi connectivity index (χ0v) is 23.4. The first-order valence-electron chi connectivity index (χ1n) is 13.2. The third-order valence-electron chi connectivity index (χ3n) is 7.28. The predicted molar refractivity (Wildman–Crippen MR) is 152 cm³/mol. The Hall–Kier alpha value is -4.59. The number of fused-ring (bicyclic) bond motifs is 2. The number of ether oxygens (including phenoxy) is 5. The van der Waals surface area contributed by atoms with Crippen LogP contribution in [-0.4, -0.2) is 63.2 Å². The molecule has 10 heteroatoms. The van der Waals surface area contributed by atoms with Crippen LogP contribution in [0.1, 0.15) is 34.6 Å². The molecule has 0 amide bonds. The summed E-state index contributed by atoms with van der Waals surface area (Å²) >= 11 is 0. The van der Waals surface area contributed by atoms with Crippen LogP contribution in [0.2, 0.25) is 0 Å². The minimum absolute atomic E-state index is 0.272. The number of pyridine rings is 2. The number of para-hydroxylation sites is 1. The van der Waals surface area contributed by atoms with Crippen molar-refractivity contribution >= 4 is 10.9 Å². The summed E-state index contributed by atoms with van der Waals surface area (Å²) < 4.78 is 28.9. The molecule has 10 nitrogen and oxygen atoms in total. The second-order valence-electron chi connectivity index (χ2n) is 9.63. The summed E-state index contributed by atoms with van der Waals surface area (Å²) in [5.41, 5.74) is 1.37. The number of nitrogens with one attached hydrogen (secondary N) is 1. The molecule has 0 saturated carbocycles. The van der Waals surface area contributed by atoms with E-state index >= 15 is 0 Å². The van der Waals surface area contributed by atoms with Crippen LogP contribution in [0.15, 0.2) is 54.6 Å². The summed E-state index contributed by atoms with van der Waals surface area (Å²) in [5, 5.41) is 26.5. The third kappa shape index (κ3) is 5.29. The molecule has 41 heavy (non-hydrogen) atoms. The Bertz CT molecular complexity index is 1580. The highest BCUT2D eigenvalue weighted by Crippen LogP contribution is 2.52. The maximum absolute atomic E-state index is 13.0. The molecule has 2 aromatic heterocycles. The fourth-order valence-electron chi connectivity index (χ4n) is 5.33. The Morgan fingerprint density at radius 3 is 2.41 bits per heavy atom. The molecule has 2 N–H and O–H groups in total. The van der Waals surface area contributed by atoms with Gasteiger partial charge in [0, 0.05) is 28.6 Å². The standard InChI is InChI=1S/C31H32N4O6/c1-33-11-10-31(36,21-16-26(37-2)35-27(17-21)38-3)28(22-6-5-7-25-29(22)41-13-12-40-25)23-15-20-14-19(18-32)8-9-24(20)34-30(23)39-4/h5-9,14-17,28,33,36H,10-13H2,1-4H3.